The molecule has 0 unspecified atom stereocenters. The number of likely N-dealkylation sites (N-methyl/N-ethyl adjacent to an activating group) is 1. The van der Waals surface area contributed by atoms with Gasteiger partial charge in [-0.3, -0.25) is 4.99 Å². The Labute approximate surface area is 186 Å². The first-order chi connectivity index (χ1) is 14.6. The highest BCUT2D eigenvalue weighted by molar-refractivity contribution is 6.28. The third-order valence-electron chi connectivity index (χ3n) is 4.59. The number of rotatable bonds is 2. The number of fused-ring (bicyclic) bond motifs is 1. The minimum absolute atomic E-state index is 0.0375. The van der Waals surface area contributed by atoms with Gasteiger partial charge in [-0.05, 0) is 39.4 Å². The number of hydrogen-bond acceptors (Lipinski definition) is 7. The maximum atomic E-state index is 12.6. The number of halogens is 1. The van der Waals surface area contributed by atoms with E-state index in [1.165, 1.54) is 6.20 Å². The van der Waals surface area contributed by atoms with Crippen molar-refractivity contribution in [1.29, 1.82) is 0 Å². The lowest BCUT2D eigenvalue weighted by atomic mass is 10.2. The number of nitrogens with zero attached hydrogens (tertiary/aromatic N) is 8. The van der Waals surface area contributed by atoms with Gasteiger partial charge in [-0.1, -0.05) is 6.58 Å². The van der Waals surface area contributed by atoms with Gasteiger partial charge in [0.2, 0.25) is 11.2 Å². The summed E-state index contributed by atoms with van der Waals surface area (Å²) < 4.78 is 6.55. The van der Waals surface area contributed by atoms with Crippen LogP contribution < -0.4 is 0 Å². The molecule has 0 spiro atoms. The molecule has 0 aromatic carbocycles. The van der Waals surface area contributed by atoms with E-state index < -0.39 is 11.7 Å². The molecule has 2 aromatic heterocycles. The Balaban J connectivity index is 1.90. The molecule has 3 heterocycles. The average Bonchev–Trinajstić information content (AvgIpc) is 3.07. The summed E-state index contributed by atoms with van der Waals surface area (Å²) in [4.78, 5) is 34.0. The van der Waals surface area contributed by atoms with Crippen molar-refractivity contribution in [2.75, 3.05) is 40.3 Å². The van der Waals surface area contributed by atoms with E-state index in [1.54, 1.807) is 34.0 Å². The van der Waals surface area contributed by atoms with Gasteiger partial charge in [0, 0.05) is 45.0 Å². The molecule has 0 aliphatic carbocycles. The van der Waals surface area contributed by atoms with Gasteiger partial charge >= 0.3 is 6.09 Å². The monoisotopic (exact) mass is 446 g/mol. The highest BCUT2D eigenvalue weighted by Gasteiger charge is 2.24. The third-order valence-corrected chi connectivity index (χ3v) is 4.77. The Morgan fingerprint density at radius 2 is 1.97 bits per heavy atom. The molecule has 0 amide bonds. The quantitative estimate of drug-likeness (QED) is 0.397. The molecule has 0 radical (unpaired) electrons. The number of piperazine rings is 1. The van der Waals surface area contributed by atoms with Crippen LogP contribution in [0.1, 0.15) is 26.5 Å². The maximum Gasteiger partial charge on any atom is 0.435 e. The molecule has 1 fully saturated rings. The van der Waals surface area contributed by atoms with Crippen molar-refractivity contribution in [3.8, 4) is 0 Å². The van der Waals surface area contributed by atoms with Crippen LogP contribution >= 0.6 is 11.6 Å². The fourth-order valence-electron chi connectivity index (χ4n) is 3.03. The zero-order chi connectivity index (χ0) is 22.8. The molecule has 3 rings (SSSR count). The Morgan fingerprint density at radius 3 is 2.58 bits per heavy atom. The fourth-order valence-corrected chi connectivity index (χ4v) is 3.16. The lowest BCUT2D eigenvalue weighted by Gasteiger charge is -2.32. The summed E-state index contributed by atoms with van der Waals surface area (Å²) >= 11 is 5.99. The molecule has 1 aliphatic rings. The van der Waals surface area contributed by atoms with Crippen LogP contribution in [0.15, 0.2) is 22.8 Å². The van der Waals surface area contributed by atoms with Gasteiger partial charge in [0.1, 0.15) is 22.3 Å². The summed E-state index contributed by atoms with van der Waals surface area (Å²) in [5.41, 5.74) is 0.889. The van der Waals surface area contributed by atoms with Crippen molar-refractivity contribution in [3.63, 3.8) is 0 Å². The van der Waals surface area contributed by atoms with E-state index in [0.29, 0.717) is 28.3 Å². The van der Waals surface area contributed by atoms with Gasteiger partial charge in [-0.15, -0.1) is 0 Å². The smallest absolute Gasteiger partial charge is 0.435 e. The molecule has 31 heavy (non-hydrogen) atoms. The molecule has 2 aromatic rings. The zero-order valence-electron chi connectivity index (χ0n) is 18.5. The van der Waals surface area contributed by atoms with Crippen molar-refractivity contribution in [2.24, 2.45) is 9.98 Å². The second kappa shape index (κ2) is 9.11. The molecule has 1 aliphatic heterocycles. The molecule has 0 bridgehead atoms. The van der Waals surface area contributed by atoms with Gasteiger partial charge in [0.05, 0.1) is 6.20 Å². The van der Waals surface area contributed by atoms with E-state index in [-0.39, 0.29) is 5.28 Å². The first kappa shape index (κ1) is 22.8. The number of aliphatic imine (C=N–C) groups is 2. The van der Waals surface area contributed by atoms with Crippen molar-refractivity contribution in [1.82, 2.24) is 29.5 Å². The Bertz CT molecular complexity index is 1050. The lowest BCUT2D eigenvalue weighted by Crippen LogP contribution is -2.46. The first-order valence-electron chi connectivity index (χ1n) is 9.87. The number of guanidine groups is 1. The van der Waals surface area contributed by atoms with Crippen LogP contribution in [0, 0.1) is 0 Å². The second-order valence-corrected chi connectivity index (χ2v) is 8.55. The third kappa shape index (κ3) is 5.45. The van der Waals surface area contributed by atoms with Crippen LogP contribution in [0.25, 0.3) is 16.6 Å². The summed E-state index contributed by atoms with van der Waals surface area (Å²) in [5, 5.41) is 4.41. The number of ether oxygens (including phenoxy) is 1. The summed E-state index contributed by atoms with van der Waals surface area (Å²) in [5.74, 6) is 0.609. The van der Waals surface area contributed by atoms with Gasteiger partial charge < -0.3 is 14.5 Å². The van der Waals surface area contributed by atoms with Crippen molar-refractivity contribution < 1.29 is 9.53 Å². The summed E-state index contributed by atoms with van der Waals surface area (Å²) in [6.07, 6.45) is 2.35. The molecule has 11 heteroatoms. The molecule has 0 atom stereocenters. The van der Waals surface area contributed by atoms with Crippen LogP contribution in [0.4, 0.5) is 4.79 Å². The lowest BCUT2D eigenvalue weighted by molar-refractivity contribution is 0.0522. The second-order valence-electron chi connectivity index (χ2n) is 8.21. The zero-order valence-corrected chi connectivity index (χ0v) is 19.2. The van der Waals surface area contributed by atoms with Gasteiger partial charge in [0.15, 0.2) is 0 Å². The van der Waals surface area contributed by atoms with Crippen molar-refractivity contribution in [2.45, 2.75) is 26.4 Å². The normalized spacial score (nSPS) is 16.3. The maximum absolute atomic E-state index is 12.6. The molecule has 0 N–H and O–H groups in total. The van der Waals surface area contributed by atoms with E-state index in [2.05, 4.69) is 48.5 Å². The summed E-state index contributed by atoms with van der Waals surface area (Å²) in [6, 6.07) is 0. The molecule has 1 saturated heterocycles. The minimum Gasteiger partial charge on any atom is -0.442 e. The molecule has 10 nitrogen and oxygen atoms in total. The van der Waals surface area contributed by atoms with Gasteiger partial charge in [0.25, 0.3) is 0 Å². The molecular weight excluding hydrogens is 420 g/mol. The standard InChI is InChI=1S/C20H27ClN8O2/c1-13(11-24-18(22-5)28-9-7-27(6)8-10-28)15-16-14(12-23-17(21)25-16)29(26-15)19(30)31-20(2,3)4/h11-12H,1,7-10H2,2-6H3. The Kier molecular flexibility index (Phi) is 6.71. The molecule has 166 valence electrons. The fraction of sp³-hybridized carbons (Fsp3) is 0.500. The van der Waals surface area contributed by atoms with Crippen LogP contribution in [-0.4, -0.2) is 93.7 Å². The molecular formula is C20H27ClN8O2. The van der Waals surface area contributed by atoms with E-state index >= 15 is 0 Å². The van der Waals surface area contributed by atoms with Crippen LogP contribution in [0.2, 0.25) is 5.28 Å². The number of aromatic nitrogens is 4. The number of allylic oxidation sites excluding steroid dienone is 1. The summed E-state index contributed by atoms with van der Waals surface area (Å²) in [6.45, 7) is 12.9. The Morgan fingerprint density at radius 1 is 1.29 bits per heavy atom. The van der Waals surface area contributed by atoms with Gasteiger partial charge in [-0.2, -0.15) is 9.78 Å². The average molecular weight is 447 g/mol. The van der Waals surface area contributed by atoms with Gasteiger partial charge in [-0.25, -0.2) is 19.8 Å². The van der Waals surface area contributed by atoms with E-state index in [4.69, 9.17) is 16.3 Å². The SMILES string of the molecule is C=C(C=NC(=NC)N1CCN(C)CC1)c1nn(C(=O)OC(C)(C)C)c2cnc(Cl)nc12. The van der Waals surface area contributed by atoms with Crippen LogP contribution in [0.5, 0.6) is 0 Å². The topological polar surface area (TPSA) is 101 Å². The van der Waals surface area contributed by atoms with E-state index in [1.807, 2.05) is 0 Å². The number of carbonyl (C=O) groups excluding carboxylic acids is 1. The number of hydrogen-bond donors (Lipinski definition) is 0. The highest BCUT2D eigenvalue weighted by atomic mass is 35.5. The largest absolute Gasteiger partial charge is 0.442 e. The summed E-state index contributed by atoms with van der Waals surface area (Å²) in [7, 11) is 3.79. The minimum atomic E-state index is -0.684. The van der Waals surface area contributed by atoms with Crippen molar-refractivity contribution in [3.05, 3.63) is 23.8 Å². The number of carbonyl (C=O) groups is 1. The predicted octanol–water partition coefficient (Wildman–Crippen LogP) is 2.58. The van der Waals surface area contributed by atoms with Crippen molar-refractivity contribution >= 4 is 46.5 Å². The predicted molar refractivity (Wildman–Crippen MR) is 122 cm³/mol. The highest BCUT2D eigenvalue weighted by Crippen LogP contribution is 2.23. The van der Waals surface area contributed by atoms with E-state index in [9.17, 15) is 4.79 Å². The van der Waals surface area contributed by atoms with Crippen LogP contribution in [0.3, 0.4) is 0 Å². The van der Waals surface area contributed by atoms with E-state index in [0.717, 1.165) is 30.9 Å². The van der Waals surface area contributed by atoms with Crippen LogP contribution in [-0.2, 0) is 4.74 Å². The Hall–Kier alpha value is -2.85. The molecule has 0 saturated carbocycles. The first-order valence-corrected chi connectivity index (χ1v) is 10.2.